The number of nitrogens with one attached hydrogen (secondary N) is 2. The lowest BCUT2D eigenvalue weighted by atomic mass is 10.1. The summed E-state index contributed by atoms with van der Waals surface area (Å²) in [5.74, 6) is -3.10. The maximum absolute atomic E-state index is 14.3. The molecule has 2 amide bonds. The predicted molar refractivity (Wildman–Crippen MR) is 109 cm³/mol. The number of alkyl halides is 3. The number of carbonyl (C=O) groups is 1. The summed E-state index contributed by atoms with van der Waals surface area (Å²) < 4.78 is 81.3. The van der Waals surface area contributed by atoms with Gasteiger partial charge in [0.25, 0.3) is 0 Å². The molecular formula is C21H17F6N5O2. The van der Waals surface area contributed by atoms with Crippen molar-refractivity contribution >= 4 is 17.4 Å². The van der Waals surface area contributed by atoms with Crippen molar-refractivity contribution in [1.29, 1.82) is 0 Å². The molecule has 3 aromatic rings. The molecule has 13 heteroatoms. The average molecular weight is 485 g/mol. The Morgan fingerprint density at radius 2 is 1.76 bits per heavy atom. The van der Waals surface area contributed by atoms with E-state index in [0.717, 1.165) is 22.9 Å². The van der Waals surface area contributed by atoms with E-state index >= 15 is 0 Å². The van der Waals surface area contributed by atoms with Gasteiger partial charge in [0.2, 0.25) is 0 Å². The van der Waals surface area contributed by atoms with Gasteiger partial charge in [-0.15, -0.1) is 0 Å². The van der Waals surface area contributed by atoms with Crippen molar-refractivity contribution < 1.29 is 36.2 Å². The van der Waals surface area contributed by atoms with Crippen LogP contribution in [0.5, 0.6) is 0 Å². The number of urea groups is 1. The Labute approximate surface area is 188 Å². The zero-order chi connectivity index (χ0) is 24.6. The van der Waals surface area contributed by atoms with E-state index in [1.165, 1.54) is 12.1 Å². The van der Waals surface area contributed by atoms with E-state index in [4.69, 9.17) is 0 Å². The van der Waals surface area contributed by atoms with E-state index in [1.54, 1.807) is 4.90 Å². The van der Waals surface area contributed by atoms with Crippen molar-refractivity contribution in [3.8, 4) is 5.69 Å². The Morgan fingerprint density at radius 1 is 1.03 bits per heavy atom. The number of halogens is 6. The van der Waals surface area contributed by atoms with Crippen molar-refractivity contribution in [1.82, 2.24) is 15.1 Å². The van der Waals surface area contributed by atoms with Gasteiger partial charge in [-0.3, -0.25) is 0 Å². The minimum absolute atomic E-state index is 0.0879. The quantitative estimate of drug-likeness (QED) is 0.480. The van der Waals surface area contributed by atoms with Gasteiger partial charge in [0.1, 0.15) is 5.82 Å². The fourth-order valence-electron chi connectivity index (χ4n) is 3.36. The highest BCUT2D eigenvalue weighted by molar-refractivity contribution is 5.89. The zero-order valence-electron chi connectivity index (χ0n) is 17.2. The van der Waals surface area contributed by atoms with Crippen LogP contribution in [0.4, 0.5) is 42.5 Å². The largest absolute Gasteiger partial charge is 0.435 e. The van der Waals surface area contributed by atoms with Crippen molar-refractivity contribution in [2.75, 3.05) is 23.3 Å². The predicted octanol–water partition coefficient (Wildman–Crippen LogP) is 3.81. The highest BCUT2D eigenvalue weighted by atomic mass is 19.4. The fourth-order valence-corrected chi connectivity index (χ4v) is 3.36. The molecule has 0 spiro atoms. The molecule has 1 fully saturated rings. The van der Waals surface area contributed by atoms with Crippen LogP contribution in [0.1, 0.15) is 11.4 Å². The number of nitrogens with zero attached hydrogens (tertiary/aromatic N) is 3. The van der Waals surface area contributed by atoms with Gasteiger partial charge in [0, 0.05) is 24.8 Å². The third-order valence-electron chi connectivity index (χ3n) is 5.06. The molecule has 1 saturated heterocycles. The van der Waals surface area contributed by atoms with E-state index in [2.05, 4.69) is 15.7 Å². The molecule has 34 heavy (non-hydrogen) atoms. The van der Waals surface area contributed by atoms with E-state index in [9.17, 15) is 36.2 Å². The second-order valence-electron chi connectivity index (χ2n) is 7.56. The lowest BCUT2D eigenvalue weighted by Crippen LogP contribution is -2.51. The Morgan fingerprint density at radius 3 is 2.38 bits per heavy atom. The molecule has 0 atom stereocenters. The van der Waals surface area contributed by atoms with Gasteiger partial charge in [-0.05, 0) is 36.4 Å². The van der Waals surface area contributed by atoms with E-state index < -0.39 is 48.0 Å². The van der Waals surface area contributed by atoms with Gasteiger partial charge in [0.15, 0.2) is 17.3 Å². The zero-order valence-corrected chi connectivity index (χ0v) is 17.2. The summed E-state index contributed by atoms with van der Waals surface area (Å²) in [4.78, 5) is 13.8. The van der Waals surface area contributed by atoms with E-state index in [1.807, 2.05) is 0 Å². The minimum Gasteiger partial charge on any atom is -0.389 e. The summed E-state index contributed by atoms with van der Waals surface area (Å²) in [5.41, 5.74) is -1.29. The monoisotopic (exact) mass is 485 g/mol. The van der Waals surface area contributed by atoms with Crippen molar-refractivity contribution in [2.24, 2.45) is 0 Å². The summed E-state index contributed by atoms with van der Waals surface area (Å²) in [5, 5.41) is 17.4. The standard InChI is InChI=1S/C21H17F6N5O2/c22-15-3-2-12(6-16(15)23)32-13(7-19(30-32)21(25,26)27)8-28-20(34)29-11-1-4-18(17(24)5-11)31-9-14(33)10-31/h1-7,14,33H,8-10H2,(H2,28,29,34). The SMILES string of the molecule is O=C(NCc1cc(C(F)(F)F)nn1-c1ccc(F)c(F)c1)Nc1ccc(N2CC(O)C2)c(F)c1. The first-order chi connectivity index (χ1) is 16.0. The van der Waals surface area contributed by atoms with Crippen LogP contribution < -0.4 is 15.5 Å². The van der Waals surface area contributed by atoms with Crippen LogP contribution in [0.3, 0.4) is 0 Å². The molecule has 180 valence electrons. The van der Waals surface area contributed by atoms with Crippen LogP contribution in [0, 0.1) is 17.5 Å². The number of aromatic nitrogens is 2. The van der Waals surface area contributed by atoms with Crippen LogP contribution in [0.15, 0.2) is 42.5 Å². The maximum atomic E-state index is 14.3. The molecule has 0 saturated carbocycles. The smallest absolute Gasteiger partial charge is 0.389 e. The first kappa shape index (κ1) is 23.4. The second-order valence-corrected chi connectivity index (χ2v) is 7.56. The number of rotatable bonds is 5. The van der Waals surface area contributed by atoms with Gasteiger partial charge in [-0.25, -0.2) is 22.6 Å². The minimum atomic E-state index is -4.81. The molecule has 0 radical (unpaired) electrons. The van der Waals surface area contributed by atoms with E-state index in [0.29, 0.717) is 12.1 Å². The molecular weight excluding hydrogens is 468 g/mol. The number of carbonyl (C=O) groups excluding carboxylic acids is 1. The highest BCUT2D eigenvalue weighted by Crippen LogP contribution is 2.30. The number of aliphatic hydroxyl groups is 1. The number of amides is 2. The van der Waals surface area contributed by atoms with Gasteiger partial charge in [-0.1, -0.05) is 0 Å². The average Bonchev–Trinajstić information content (AvgIpc) is 3.17. The number of hydrogen-bond acceptors (Lipinski definition) is 4. The van der Waals surface area contributed by atoms with Crippen LogP contribution in [-0.2, 0) is 12.7 Å². The Balaban J connectivity index is 1.47. The summed E-state index contributed by atoms with van der Waals surface area (Å²) in [6, 6.07) is 6.18. The molecule has 7 nitrogen and oxygen atoms in total. The number of β-amino-alcohol motifs (C(OH)–C–C–N with tert-alkyl or cyclic N) is 1. The highest BCUT2D eigenvalue weighted by Gasteiger charge is 2.35. The van der Waals surface area contributed by atoms with Crippen molar-refractivity contribution in [3.05, 3.63) is 71.3 Å². The van der Waals surface area contributed by atoms with Crippen molar-refractivity contribution in [3.63, 3.8) is 0 Å². The lowest BCUT2D eigenvalue weighted by Gasteiger charge is -2.38. The van der Waals surface area contributed by atoms with Gasteiger partial charge >= 0.3 is 12.2 Å². The molecule has 0 unspecified atom stereocenters. The van der Waals surface area contributed by atoms with Gasteiger partial charge in [0.05, 0.1) is 29.7 Å². The molecule has 3 N–H and O–H groups in total. The Hall–Kier alpha value is -3.74. The first-order valence-corrected chi connectivity index (χ1v) is 9.90. The lowest BCUT2D eigenvalue weighted by molar-refractivity contribution is -0.141. The number of hydrogen-bond donors (Lipinski definition) is 3. The number of benzene rings is 2. The third-order valence-corrected chi connectivity index (χ3v) is 5.06. The van der Waals surface area contributed by atoms with Crippen LogP contribution in [-0.4, -0.2) is 40.1 Å². The second kappa shape index (κ2) is 8.89. The van der Waals surface area contributed by atoms with Gasteiger partial charge in [-0.2, -0.15) is 18.3 Å². The molecule has 2 aromatic carbocycles. The normalized spacial score (nSPS) is 14.1. The van der Waals surface area contributed by atoms with Crippen LogP contribution in [0.25, 0.3) is 5.69 Å². The number of aliphatic hydroxyl groups excluding tert-OH is 1. The molecule has 1 aliphatic rings. The third kappa shape index (κ3) is 4.93. The van der Waals surface area contributed by atoms with Gasteiger partial charge < -0.3 is 20.6 Å². The molecule has 4 rings (SSSR count). The van der Waals surface area contributed by atoms with Crippen molar-refractivity contribution in [2.45, 2.75) is 18.8 Å². The number of anilines is 2. The summed E-state index contributed by atoms with van der Waals surface area (Å²) in [7, 11) is 0. The molecule has 0 aliphatic carbocycles. The summed E-state index contributed by atoms with van der Waals surface area (Å²) in [6.07, 6.45) is -5.34. The molecule has 2 heterocycles. The summed E-state index contributed by atoms with van der Waals surface area (Å²) >= 11 is 0. The maximum Gasteiger partial charge on any atom is 0.435 e. The molecule has 1 aliphatic heterocycles. The van der Waals surface area contributed by atoms with Crippen LogP contribution in [0.2, 0.25) is 0 Å². The first-order valence-electron chi connectivity index (χ1n) is 9.90. The Bertz CT molecular complexity index is 1220. The van der Waals surface area contributed by atoms with Crippen LogP contribution >= 0.6 is 0 Å². The summed E-state index contributed by atoms with van der Waals surface area (Å²) in [6.45, 7) is 0.117. The Kier molecular flexibility index (Phi) is 6.13. The topological polar surface area (TPSA) is 82.4 Å². The molecule has 0 bridgehead atoms. The van der Waals surface area contributed by atoms with E-state index in [-0.39, 0.29) is 35.8 Å². The fraction of sp³-hybridized carbons (Fsp3) is 0.238. The molecule has 1 aromatic heterocycles.